The second kappa shape index (κ2) is 10.8. The molecule has 0 saturated heterocycles. The van der Waals surface area contributed by atoms with Crippen LogP contribution < -0.4 is 9.47 Å². The zero-order valence-electron chi connectivity index (χ0n) is 26.3. The zero-order chi connectivity index (χ0) is 31.4. The molecule has 2 heterocycles. The van der Waals surface area contributed by atoms with Crippen molar-refractivity contribution < 1.29 is 19.4 Å². The van der Waals surface area contributed by atoms with Gasteiger partial charge in [-0.2, -0.15) is 0 Å². The number of aliphatic imine (C=N–C) groups is 1. The number of hydrogen-bond donors (Lipinski definition) is 1. The Bertz CT molecular complexity index is 1720. The number of hydrogen-bond acceptors (Lipinski definition) is 5. The molecule has 226 valence electrons. The Kier molecular flexibility index (Phi) is 7.40. The fourth-order valence-corrected chi connectivity index (χ4v) is 7.89. The minimum absolute atomic E-state index is 0.239. The SMILES string of the molecule is COc1ccc2c(c1)[C@@H](c1cc(C(C)(C)C)c(O)c(C(C)(C)C)c1)[C@@]1(SC(c3ccccc3)=NC1=O)[C@@H](c1ccccc1)O2. The van der Waals surface area contributed by atoms with E-state index in [9.17, 15) is 9.90 Å². The quantitative estimate of drug-likeness (QED) is 0.252. The molecule has 2 aliphatic rings. The lowest BCUT2D eigenvalue weighted by atomic mass is 9.70. The van der Waals surface area contributed by atoms with Gasteiger partial charge < -0.3 is 14.6 Å². The van der Waals surface area contributed by atoms with Crippen LogP contribution in [0.25, 0.3) is 0 Å². The molecule has 0 bridgehead atoms. The average molecular weight is 606 g/mol. The van der Waals surface area contributed by atoms with Crippen molar-refractivity contribution in [2.45, 2.75) is 69.1 Å². The van der Waals surface area contributed by atoms with Gasteiger partial charge in [-0.15, -0.1) is 0 Å². The number of nitrogens with zero attached hydrogens (tertiary/aromatic N) is 1. The van der Waals surface area contributed by atoms with Crippen LogP contribution in [0, 0.1) is 0 Å². The van der Waals surface area contributed by atoms with Crippen molar-refractivity contribution in [2.24, 2.45) is 4.99 Å². The topological polar surface area (TPSA) is 68.1 Å². The van der Waals surface area contributed by atoms with E-state index in [0.717, 1.165) is 33.4 Å². The van der Waals surface area contributed by atoms with E-state index in [1.165, 1.54) is 11.8 Å². The predicted molar refractivity (Wildman–Crippen MR) is 178 cm³/mol. The van der Waals surface area contributed by atoms with Crippen LogP contribution in [0.1, 0.15) is 86.9 Å². The summed E-state index contributed by atoms with van der Waals surface area (Å²) in [6.45, 7) is 12.6. The summed E-state index contributed by atoms with van der Waals surface area (Å²) in [4.78, 5) is 19.5. The number of aromatic hydroxyl groups is 1. The van der Waals surface area contributed by atoms with E-state index in [4.69, 9.17) is 14.5 Å². The van der Waals surface area contributed by atoms with E-state index < -0.39 is 16.8 Å². The molecular weight excluding hydrogens is 566 g/mol. The van der Waals surface area contributed by atoms with E-state index in [1.54, 1.807) is 7.11 Å². The molecule has 0 radical (unpaired) electrons. The number of amides is 1. The minimum atomic E-state index is -1.17. The smallest absolute Gasteiger partial charge is 0.268 e. The molecule has 0 aromatic heterocycles. The second-order valence-corrected chi connectivity index (χ2v) is 15.0. The Hall–Kier alpha value is -4.03. The normalized spacial score (nSPS) is 21.5. The molecule has 2 aliphatic heterocycles. The Morgan fingerprint density at radius 1 is 0.818 bits per heavy atom. The van der Waals surface area contributed by atoms with Crippen LogP contribution in [0.2, 0.25) is 0 Å². The van der Waals surface area contributed by atoms with Crippen molar-refractivity contribution in [3.8, 4) is 17.2 Å². The Morgan fingerprint density at radius 3 is 1.98 bits per heavy atom. The van der Waals surface area contributed by atoms with Gasteiger partial charge in [0.2, 0.25) is 0 Å². The molecule has 1 spiro atoms. The van der Waals surface area contributed by atoms with Crippen LogP contribution in [0.15, 0.2) is 96.0 Å². The summed E-state index contributed by atoms with van der Waals surface area (Å²) in [5, 5.41) is 12.3. The van der Waals surface area contributed by atoms with E-state index in [2.05, 4.69) is 53.7 Å². The van der Waals surface area contributed by atoms with Crippen molar-refractivity contribution in [1.82, 2.24) is 0 Å². The van der Waals surface area contributed by atoms with Gasteiger partial charge in [-0.3, -0.25) is 4.79 Å². The lowest BCUT2D eigenvalue weighted by Crippen LogP contribution is -2.49. The Morgan fingerprint density at radius 2 is 1.41 bits per heavy atom. The Labute approximate surface area is 264 Å². The maximum Gasteiger partial charge on any atom is 0.268 e. The van der Waals surface area contributed by atoms with Crippen molar-refractivity contribution in [3.05, 3.63) is 124 Å². The number of carbonyl (C=O) groups excluding carboxylic acids is 1. The van der Waals surface area contributed by atoms with Crippen LogP contribution in [0.4, 0.5) is 0 Å². The number of thioether (sulfide) groups is 1. The van der Waals surface area contributed by atoms with E-state index >= 15 is 0 Å². The highest BCUT2D eigenvalue weighted by molar-refractivity contribution is 8.16. The van der Waals surface area contributed by atoms with Gasteiger partial charge in [0.1, 0.15) is 28.4 Å². The van der Waals surface area contributed by atoms with Gasteiger partial charge >= 0.3 is 0 Å². The largest absolute Gasteiger partial charge is 0.507 e. The zero-order valence-corrected chi connectivity index (χ0v) is 27.2. The highest BCUT2D eigenvalue weighted by atomic mass is 32.2. The summed E-state index contributed by atoms with van der Waals surface area (Å²) in [6.07, 6.45) is -0.637. The van der Waals surface area contributed by atoms with Gasteiger partial charge in [-0.05, 0) is 51.3 Å². The highest BCUT2D eigenvalue weighted by Crippen LogP contribution is 2.62. The lowest BCUT2D eigenvalue weighted by molar-refractivity contribution is -0.123. The third kappa shape index (κ3) is 4.99. The molecule has 1 amide bonds. The van der Waals surface area contributed by atoms with Gasteiger partial charge in [0.15, 0.2) is 4.75 Å². The van der Waals surface area contributed by atoms with Gasteiger partial charge in [-0.25, -0.2) is 4.99 Å². The molecular formula is C38H39NO4S. The molecule has 1 N–H and O–H groups in total. The number of phenols is 1. The molecule has 44 heavy (non-hydrogen) atoms. The summed E-state index contributed by atoms with van der Waals surface area (Å²) in [7, 11) is 1.64. The monoisotopic (exact) mass is 605 g/mol. The minimum Gasteiger partial charge on any atom is -0.507 e. The molecule has 6 rings (SSSR count). The first kappa shape index (κ1) is 30.0. The molecule has 6 heteroatoms. The van der Waals surface area contributed by atoms with Crippen LogP contribution >= 0.6 is 11.8 Å². The molecule has 3 atom stereocenters. The number of methoxy groups -OCH3 is 1. The molecule has 0 unspecified atom stereocenters. The third-order valence-corrected chi connectivity index (χ3v) is 10.1. The van der Waals surface area contributed by atoms with Gasteiger partial charge in [-0.1, -0.05) is 126 Å². The van der Waals surface area contributed by atoms with Gasteiger partial charge in [0.05, 0.1) is 7.11 Å². The first-order valence-electron chi connectivity index (χ1n) is 15.0. The fourth-order valence-electron chi connectivity index (χ4n) is 6.38. The number of ether oxygens (including phenoxy) is 2. The third-order valence-electron chi connectivity index (χ3n) is 8.60. The first-order chi connectivity index (χ1) is 20.8. The number of carbonyl (C=O) groups is 1. The van der Waals surface area contributed by atoms with Crippen LogP contribution in [-0.2, 0) is 15.6 Å². The summed E-state index contributed by atoms with van der Waals surface area (Å²) < 4.78 is 11.4. The Balaban J connectivity index is 1.70. The maximum absolute atomic E-state index is 14.7. The molecule has 4 aromatic rings. The van der Waals surface area contributed by atoms with Crippen molar-refractivity contribution in [2.75, 3.05) is 7.11 Å². The van der Waals surface area contributed by atoms with Crippen LogP contribution in [0.5, 0.6) is 17.2 Å². The molecule has 0 fully saturated rings. The number of fused-ring (bicyclic) bond motifs is 1. The maximum atomic E-state index is 14.7. The number of benzene rings is 4. The summed E-state index contributed by atoms with van der Waals surface area (Å²) >= 11 is 1.48. The lowest BCUT2D eigenvalue weighted by Gasteiger charge is -2.46. The van der Waals surface area contributed by atoms with Crippen molar-refractivity contribution in [3.63, 3.8) is 0 Å². The van der Waals surface area contributed by atoms with E-state index in [1.807, 2.05) is 78.9 Å². The first-order valence-corrected chi connectivity index (χ1v) is 15.8. The van der Waals surface area contributed by atoms with Crippen LogP contribution in [0.3, 0.4) is 0 Å². The molecule has 5 nitrogen and oxygen atoms in total. The molecule has 0 aliphatic carbocycles. The van der Waals surface area contributed by atoms with Crippen LogP contribution in [-0.4, -0.2) is 27.9 Å². The van der Waals surface area contributed by atoms with Gasteiger partial charge in [0.25, 0.3) is 5.91 Å². The van der Waals surface area contributed by atoms with E-state index in [0.29, 0.717) is 22.3 Å². The van der Waals surface area contributed by atoms with Gasteiger partial charge in [0, 0.05) is 17.0 Å². The highest BCUT2D eigenvalue weighted by Gasteiger charge is 2.62. The summed E-state index contributed by atoms with van der Waals surface area (Å²) in [5.74, 6) is 0.954. The fraction of sp³-hybridized carbons (Fsp3) is 0.316. The average Bonchev–Trinajstić information content (AvgIpc) is 3.33. The number of rotatable bonds is 4. The predicted octanol–water partition coefficient (Wildman–Crippen LogP) is 8.72. The molecule has 4 aromatic carbocycles. The van der Waals surface area contributed by atoms with Crippen molar-refractivity contribution in [1.29, 1.82) is 0 Å². The van der Waals surface area contributed by atoms with Crippen molar-refractivity contribution >= 4 is 22.7 Å². The molecule has 0 saturated carbocycles. The summed E-state index contributed by atoms with van der Waals surface area (Å²) in [6, 6.07) is 29.8. The number of phenolic OH excluding ortho intramolecular Hbond substituents is 1. The summed E-state index contributed by atoms with van der Waals surface area (Å²) in [5.41, 5.74) is 4.54. The standard InChI is InChI=1S/C38H39NO4S/c1-36(2,3)28-20-25(21-29(32(28)40)37(4,5)6)31-27-22-26(42-7)18-19-30(27)43-33(23-14-10-8-11-15-23)38(31)35(41)39-34(44-38)24-16-12-9-13-17-24/h8-22,31,33,40H,1-7H3/t31-,33-,38-/m1/s1. The second-order valence-electron chi connectivity index (χ2n) is 13.7. The van der Waals surface area contributed by atoms with E-state index in [-0.39, 0.29) is 16.7 Å².